The van der Waals surface area contributed by atoms with Crippen molar-refractivity contribution < 1.29 is 0 Å². The third-order valence-corrected chi connectivity index (χ3v) is 5.55. The molecule has 0 radical (unpaired) electrons. The van der Waals surface area contributed by atoms with E-state index in [0.717, 1.165) is 11.4 Å². The molecule has 0 aliphatic carbocycles. The Kier molecular flexibility index (Phi) is 3.20. The van der Waals surface area contributed by atoms with E-state index in [1.165, 1.54) is 43.4 Å². The van der Waals surface area contributed by atoms with Crippen LogP contribution in [0.5, 0.6) is 0 Å². The van der Waals surface area contributed by atoms with Crippen molar-refractivity contribution in [3.8, 4) is 22.5 Å². The maximum Gasteiger partial charge on any atom is 0.0708 e. The molecular weight excluding hydrogens is 340 g/mol. The Morgan fingerprint density at radius 1 is 0.429 bits per heavy atom. The van der Waals surface area contributed by atoms with E-state index in [4.69, 9.17) is 0 Å². The monoisotopic (exact) mass is 356 g/mol. The third kappa shape index (κ3) is 2.15. The first-order chi connectivity index (χ1) is 13.9. The minimum Gasteiger partial charge on any atom is -0.256 e. The van der Waals surface area contributed by atoms with Gasteiger partial charge in [0.2, 0.25) is 0 Å². The second kappa shape index (κ2) is 5.86. The molecule has 0 saturated carbocycles. The number of rotatable bonds is 2. The minimum absolute atomic E-state index is 1.00. The van der Waals surface area contributed by atoms with Crippen LogP contribution in [-0.2, 0) is 0 Å². The molecule has 2 heteroatoms. The third-order valence-electron chi connectivity index (χ3n) is 5.55. The standard InChI is InChI=1S/C26H16N2/c1-3-15-27-23(5-1)19-11-7-17-10-14-22-20(24-6-2-4-16-28-24)12-8-18-9-13-21(19)25(17)26(18)22/h1-16H. The molecule has 0 aliphatic rings. The van der Waals surface area contributed by atoms with E-state index in [0.29, 0.717) is 0 Å². The molecule has 0 bridgehead atoms. The van der Waals surface area contributed by atoms with Crippen LogP contribution in [0, 0.1) is 0 Å². The van der Waals surface area contributed by atoms with Gasteiger partial charge in [-0.05, 0) is 56.6 Å². The molecule has 0 aliphatic heterocycles. The molecule has 4 aromatic carbocycles. The van der Waals surface area contributed by atoms with E-state index in [1.807, 2.05) is 36.7 Å². The summed E-state index contributed by atoms with van der Waals surface area (Å²) in [7, 11) is 0. The van der Waals surface area contributed by atoms with Crippen molar-refractivity contribution in [1.29, 1.82) is 0 Å². The second-order valence-electron chi connectivity index (χ2n) is 7.08. The van der Waals surface area contributed by atoms with Crippen LogP contribution in [0.15, 0.2) is 97.3 Å². The zero-order valence-corrected chi connectivity index (χ0v) is 15.1. The molecular formula is C26H16N2. The van der Waals surface area contributed by atoms with Gasteiger partial charge in [-0.3, -0.25) is 9.97 Å². The summed E-state index contributed by atoms with van der Waals surface area (Å²) < 4.78 is 0. The van der Waals surface area contributed by atoms with E-state index in [9.17, 15) is 0 Å². The second-order valence-corrected chi connectivity index (χ2v) is 7.08. The molecule has 0 unspecified atom stereocenters. The van der Waals surface area contributed by atoms with Crippen LogP contribution < -0.4 is 0 Å². The Balaban J connectivity index is 1.76. The number of pyridine rings is 2. The van der Waals surface area contributed by atoms with E-state index < -0.39 is 0 Å². The van der Waals surface area contributed by atoms with Crippen molar-refractivity contribution in [2.45, 2.75) is 0 Å². The molecule has 0 amide bonds. The lowest BCUT2D eigenvalue weighted by atomic mass is 9.89. The van der Waals surface area contributed by atoms with Gasteiger partial charge in [0.25, 0.3) is 0 Å². The molecule has 2 aromatic heterocycles. The maximum absolute atomic E-state index is 4.59. The summed E-state index contributed by atoms with van der Waals surface area (Å²) in [4.78, 5) is 9.17. The maximum atomic E-state index is 4.59. The zero-order valence-electron chi connectivity index (χ0n) is 15.1. The van der Waals surface area contributed by atoms with Crippen LogP contribution in [0.2, 0.25) is 0 Å². The highest BCUT2D eigenvalue weighted by Crippen LogP contribution is 2.41. The fraction of sp³-hybridized carbons (Fsp3) is 0. The topological polar surface area (TPSA) is 25.8 Å². The summed E-state index contributed by atoms with van der Waals surface area (Å²) in [6, 6.07) is 29.8. The summed E-state index contributed by atoms with van der Waals surface area (Å²) in [6.07, 6.45) is 3.71. The van der Waals surface area contributed by atoms with E-state index in [1.54, 1.807) is 0 Å². The van der Waals surface area contributed by atoms with E-state index >= 15 is 0 Å². The summed E-state index contributed by atoms with van der Waals surface area (Å²) in [6.45, 7) is 0. The molecule has 0 spiro atoms. The zero-order chi connectivity index (χ0) is 18.5. The van der Waals surface area contributed by atoms with Crippen LogP contribution in [0.3, 0.4) is 0 Å². The van der Waals surface area contributed by atoms with Crippen molar-refractivity contribution in [2.24, 2.45) is 0 Å². The molecule has 0 saturated heterocycles. The van der Waals surface area contributed by atoms with Gasteiger partial charge in [-0.1, -0.05) is 60.7 Å². The summed E-state index contributed by atoms with van der Waals surface area (Å²) >= 11 is 0. The van der Waals surface area contributed by atoms with Gasteiger partial charge in [-0.2, -0.15) is 0 Å². The van der Waals surface area contributed by atoms with Crippen LogP contribution in [0.4, 0.5) is 0 Å². The number of nitrogens with zero attached hydrogens (tertiary/aromatic N) is 2. The van der Waals surface area contributed by atoms with Gasteiger partial charge < -0.3 is 0 Å². The molecule has 0 fully saturated rings. The Bertz CT molecular complexity index is 1320. The van der Waals surface area contributed by atoms with Gasteiger partial charge in [0.05, 0.1) is 11.4 Å². The molecule has 6 aromatic rings. The lowest BCUT2D eigenvalue weighted by molar-refractivity contribution is 1.33. The Hall–Kier alpha value is -3.78. The van der Waals surface area contributed by atoms with Gasteiger partial charge in [-0.15, -0.1) is 0 Å². The van der Waals surface area contributed by atoms with Crippen LogP contribution in [0.25, 0.3) is 54.8 Å². The average Bonchev–Trinajstić information content (AvgIpc) is 2.78. The number of hydrogen-bond donors (Lipinski definition) is 0. The molecule has 6 rings (SSSR count). The Labute approximate surface area is 162 Å². The normalized spacial score (nSPS) is 11.6. The van der Waals surface area contributed by atoms with Crippen molar-refractivity contribution in [3.63, 3.8) is 0 Å². The first kappa shape index (κ1) is 15.3. The first-order valence-corrected chi connectivity index (χ1v) is 9.43. The highest BCUT2D eigenvalue weighted by atomic mass is 14.7. The first-order valence-electron chi connectivity index (χ1n) is 9.43. The number of aromatic nitrogens is 2. The lowest BCUT2D eigenvalue weighted by Gasteiger charge is -2.15. The quantitative estimate of drug-likeness (QED) is 0.322. The number of benzene rings is 4. The van der Waals surface area contributed by atoms with Crippen LogP contribution >= 0.6 is 0 Å². The Morgan fingerprint density at radius 2 is 0.893 bits per heavy atom. The molecule has 0 atom stereocenters. The van der Waals surface area contributed by atoms with Crippen LogP contribution in [0.1, 0.15) is 0 Å². The minimum atomic E-state index is 1.00. The SMILES string of the molecule is c1ccc(-c2ccc3ccc4c(-c5ccccn5)ccc5ccc2c3c54)nc1. The van der Waals surface area contributed by atoms with Crippen molar-refractivity contribution >= 4 is 32.3 Å². The average molecular weight is 356 g/mol. The van der Waals surface area contributed by atoms with E-state index in [-0.39, 0.29) is 0 Å². The predicted molar refractivity (Wildman–Crippen MR) is 117 cm³/mol. The van der Waals surface area contributed by atoms with Crippen molar-refractivity contribution in [2.75, 3.05) is 0 Å². The Morgan fingerprint density at radius 3 is 1.32 bits per heavy atom. The predicted octanol–water partition coefficient (Wildman–Crippen LogP) is 6.71. The van der Waals surface area contributed by atoms with Crippen molar-refractivity contribution in [1.82, 2.24) is 9.97 Å². The molecule has 28 heavy (non-hydrogen) atoms. The summed E-state index contributed by atoms with van der Waals surface area (Å²) in [5, 5.41) is 7.60. The molecule has 130 valence electrons. The highest BCUT2D eigenvalue weighted by Gasteiger charge is 2.15. The fourth-order valence-electron chi connectivity index (χ4n) is 4.29. The number of hydrogen-bond acceptors (Lipinski definition) is 2. The summed E-state index contributed by atoms with van der Waals surface area (Å²) in [5.41, 5.74) is 4.35. The van der Waals surface area contributed by atoms with E-state index in [2.05, 4.69) is 70.6 Å². The summed E-state index contributed by atoms with van der Waals surface area (Å²) in [5.74, 6) is 0. The van der Waals surface area contributed by atoms with Gasteiger partial charge >= 0.3 is 0 Å². The molecule has 2 heterocycles. The largest absolute Gasteiger partial charge is 0.256 e. The van der Waals surface area contributed by atoms with Gasteiger partial charge in [0, 0.05) is 23.5 Å². The smallest absolute Gasteiger partial charge is 0.0708 e. The highest BCUT2D eigenvalue weighted by molar-refractivity contribution is 6.27. The van der Waals surface area contributed by atoms with Gasteiger partial charge in [0.15, 0.2) is 0 Å². The van der Waals surface area contributed by atoms with Gasteiger partial charge in [-0.25, -0.2) is 0 Å². The van der Waals surface area contributed by atoms with Gasteiger partial charge in [0.1, 0.15) is 0 Å². The fourth-order valence-corrected chi connectivity index (χ4v) is 4.29. The molecule has 2 nitrogen and oxygen atoms in total. The lowest BCUT2D eigenvalue weighted by Crippen LogP contribution is -1.91. The van der Waals surface area contributed by atoms with Crippen molar-refractivity contribution in [3.05, 3.63) is 97.3 Å². The van der Waals surface area contributed by atoms with Crippen LogP contribution in [-0.4, -0.2) is 9.97 Å². The molecule has 0 N–H and O–H groups in total.